The Morgan fingerprint density at radius 2 is 1.86 bits per heavy atom. The van der Waals surface area contributed by atoms with Crippen LogP contribution in [0.25, 0.3) is 0 Å². The Bertz CT molecular complexity index is 632. The number of hydrogen-bond acceptors (Lipinski definition) is 4. The molecule has 22 heavy (non-hydrogen) atoms. The molecule has 5 nitrogen and oxygen atoms in total. The summed E-state index contributed by atoms with van der Waals surface area (Å²) in [4.78, 5) is 18.8. The van der Waals surface area contributed by atoms with E-state index in [9.17, 15) is 4.79 Å². The molecule has 1 aliphatic heterocycles. The van der Waals surface area contributed by atoms with Crippen LogP contribution in [0.3, 0.4) is 0 Å². The number of hydrogen-bond donors (Lipinski definition) is 1. The third kappa shape index (κ3) is 3.19. The van der Waals surface area contributed by atoms with Crippen molar-refractivity contribution in [2.75, 3.05) is 30.4 Å². The Hall–Kier alpha value is -2.56. The van der Waals surface area contributed by atoms with E-state index in [1.54, 1.807) is 37.6 Å². The Kier molecular flexibility index (Phi) is 4.23. The van der Waals surface area contributed by atoms with E-state index in [0.29, 0.717) is 11.3 Å². The Labute approximate surface area is 129 Å². The van der Waals surface area contributed by atoms with E-state index in [2.05, 4.69) is 15.2 Å². The number of aromatic nitrogens is 1. The minimum Gasteiger partial charge on any atom is -0.497 e. The molecule has 1 saturated heterocycles. The lowest BCUT2D eigenvalue weighted by Gasteiger charge is -2.16. The van der Waals surface area contributed by atoms with Gasteiger partial charge in [0.25, 0.3) is 5.91 Å². The van der Waals surface area contributed by atoms with Crippen molar-refractivity contribution in [2.24, 2.45) is 0 Å². The zero-order chi connectivity index (χ0) is 15.4. The predicted molar refractivity (Wildman–Crippen MR) is 86.6 cm³/mol. The minimum atomic E-state index is -0.154. The second-order valence-electron chi connectivity index (χ2n) is 5.28. The molecule has 114 valence electrons. The molecule has 2 heterocycles. The number of pyridine rings is 1. The first-order valence-electron chi connectivity index (χ1n) is 7.43. The number of benzene rings is 1. The van der Waals surface area contributed by atoms with Crippen LogP contribution < -0.4 is 15.0 Å². The highest BCUT2D eigenvalue weighted by Crippen LogP contribution is 2.19. The largest absolute Gasteiger partial charge is 0.497 e. The van der Waals surface area contributed by atoms with Gasteiger partial charge in [0.05, 0.1) is 19.0 Å². The number of carbonyl (C=O) groups excluding carboxylic acids is 1. The van der Waals surface area contributed by atoms with Crippen LogP contribution in [-0.2, 0) is 0 Å². The maximum absolute atomic E-state index is 12.2. The monoisotopic (exact) mass is 297 g/mol. The van der Waals surface area contributed by atoms with Crippen LogP contribution in [0.5, 0.6) is 5.75 Å². The van der Waals surface area contributed by atoms with Gasteiger partial charge in [-0.05, 0) is 49.2 Å². The zero-order valence-corrected chi connectivity index (χ0v) is 12.6. The SMILES string of the molecule is COc1ccc(C(=O)Nc2ccc(N3CCCC3)nc2)cc1. The lowest BCUT2D eigenvalue weighted by atomic mass is 10.2. The van der Waals surface area contributed by atoms with E-state index >= 15 is 0 Å². The predicted octanol–water partition coefficient (Wildman–Crippen LogP) is 2.94. The second-order valence-corrected chi connectivity index (χ2v) is 5.28. The van der Waals surface area contributed by atoms with Gasteiger partial charge >= 0.3 is 0 Å². The highest BCUT2D eigenvalue weighted by Gasteiger charge is 2.13. The molecule has 1 amide bonds. The first kappa shape index (κ1) is 14.4. The molecule has 1 aliphatic rings. The maximum Gasteiger partial charge on any atom is 0.255 e. The molecule has 1 aromatic carbocycles. The van der Waals surface area contributed by atoms with Crippen molar-refractivity contribution >= 4 is 17.4 Å². The number of nitrogens with zero attached hydrogens (tertiary/aromatic N) is 2. The molecule has 5 heteroatoms. The average Bonchev–Trinajstić information content (AvgIpc) is 3.10. The zero-order valence-electron chi connectivity index (χ0n) is 12.6. The second kappa shape index (κ2) is 6.47. The molecule has 0 atom stereocenters. The third-order valence-corrected chi connectivity index (χ3v) is 3.79. The lowest BCUT2D eigenvalue weighted by Crippen LogP contribution is -2.19. The van der Waals surface area contributed by atoms with E-state index in [1.807, 2.05) is 12.1 Å². The number of amides is 1. The van der Waals surface area contributed by atoms with Gasteiger partial charge in [0.15, 0.2) is 0 Å². The summed E-state index contributed by atoms with van der Waals surface area (Å²) < 4.78 is 5.08. The maximum atomic E-state index is 12.2. The molecular formula is C17H19N3O2. The summed E-state index contributed by atoms with van der Waals surface area (Å²) in [6.07, 6.45) is 4.14. The van der Waals surface area contributed by atoms with Crippen molar-refractivity contribution in [2.45, 2.75) is 12.8 Å². The summed E-state index contributed by atoms with van der Waals surface area (Å²) in [5.41, 5.74) is 1.29. The lowest BCUT2D eigenvalue weighted by molar-refractivity contribution is 0.102. The number of methoxy groups -OCH3 is 1. The fourth-order valence-electron chi connectivity index (χ4n) is 2.54. The highest BCUT2D eigenvalue weighted by molar-refractivity contribution is 6.04. The first-order chi connectivity index (χ1) is 10.8. The number of nitrogens with one attached hydrogen (secondary N) is 1. The van der Waals surface area contributed by atoms with Crippen LogP contribution in [0, 0.1) is 0 Å². The average molecular weight is 297 g/mol. The minimum absolute atomic E-state index is 0.154. The molecule has 0 saturated carbocycles. The number of rotatable bonds is 4. The Morgan fingerprint density at radius 3 is 2.45 bits per heavy atom. The Morgan fingerprint density at radius 1 is 1.14 bits per heavy atom. The fraction of sp³-hybridized carbons (Fsp3) is 0.294. The van der Waals surface area contributed by atoms with Crippen molar-refractivity contribution in [3.05, 3.63) is 48.2 Å². The molecule has 2 aromatic rings. The molecule has 0 bridgehead atoms. The van der Waals surface area contributed by atoms with Crippen LogP contribution in [-0.4, -0.2) is 31.1 Å². The molecule has 0 aliphatic carbocycles. The molecule has 1 N–H and O–H groups in total. The Balaban J connectivity index is 1.65. The summed E-state index contributed by atoms with van der Waals surface area (Å²) in [5, 5.41) is 2.85. The summed E-state index contributed by atoms with van der Waals surface area (Å²) in [5.74, 6) is 1.55. The molecule has 0 spiro atoms. The van der Waals surface area contributed by atoms with Crippen LogP contribution in [0.2, 0.25) is 0 Å². The van der Waals surface area contributed by atoms with Crippen molar-refractivity contribution in [1.82, 2.24) is 4.98 Å². The van der Waals surface area contributed by atoms with Crippen molar-refractivity contribution in [1.29, 1.82) is 0 Å². The summed E-state index contributed by atoms with van der Waals surface area (Å²) in [7, 11) is 1.60. The van der Waals surface area contributed by atoms with Crippen molar-refractivity contribution in [3.63, 3.8) is 0 Å². The van der Waals surface area contributed by atoms with Crippen LogP contribution in [0.15, 0.2) is 42.6 Å². The van der Waals surface area contributed by atoms with Gasteiger partial charge in [0.1, 0.15) is 11.6 Å². The quantitative estimate of drug-likeness (QED) is 0.942. The van der Waals surface area contributed by atoms with Gasteiger partial charge in [-0.15, -0.1) is 0 Å². The van der Waals surface area contributed by atoms with Gasteiger partial charge in [-0.3, -0.25) is 4.79 Å². The number of carbonyl (C=O) groups is 1. The van der Waals surface area contributed by atoms with Crippen LogP contribution in [0.1, 0.15) is 23.2 Å². The van der Waals surface area contributed by atoms with Gasteiger partial charge in [0, 0.05) is 18.7 Å². The standard InChI is InChI=1S/C17H19N3O2/c1-22-15-7-4-13(5-8-15)17(21)19-14-6-9-16(18-12-14)20-10-2-3-11-20/h4-9,12H,2-3,10-11H2,1H3,(H,19,21). The normalized spacial score (nSPS) is 14.0. The first-order valence-corrected chi connectivity index (χ1v) is 7.43. The van der Waals surface area contributed by atoms with Crippen LogP contribution >= 0.6 is 0 Å². The van der Waals surface area contributed by atoms with E-state index < -0.39 is 0 Å². The van der Waals surface area contributed by atoms with Gasteiger partial charge in [-0.2, -0.15) is 0 Å². The molecule has 3 rings (SSSR count). The van der Waals surface area contributed by atoms with Gasteiger partial charge in [0.2, 0.25) is 0 Å². The molecule has 1 aromatic heterocycles. The van der Waals surface area contributed by atoms with E-state index in [-0.39, 0.29) is 5.91 Å². The molecule has 0 radical (unpaired) electrons. The van der Waals surface area contributed by atoms with Crippen molar-refractivity contribution < 1.29 is 9.53 Å². The van der Waals surface area contributed by atoms with Gasteiger partial charge in [-0.1, -0.05) is 0 Å². The molecule has 0 unspecified atom stereocenters. The van der Waals surface area contributed by atoms with E-state index in [0.717, 1.165) is 24.7 Å². The number of ether oxygens (including phenoxy) is 1. The summed E-state index contributed by atoms with van der Waals surface area (Å²) in [6.45, 7) is 2.12. The van der Waals surface area contributed by atoms with E-state index in [1.165, 1.54) is 12.8 Å². The smallest absolute Gasteiger partial charge is 0.255 e. The van der Waals surface area contributed by atoms with E-state index in [4.69, 9.17) is 4.74 Å². The highest BCUT2D eigenvalue weighted by atomic mass is 16.5. The molecule has 1 fully saturated rings. The van der Waals surface area contributed by atoms with Gasteiger partial charge < -0.3 is 15.0 Å². The van der Waals surface area contributed by atoms with Crippen LogP contribution in [0.4, 0.5) is 11.5 Å². The third-order valence-electron chi connectivity index (χ3n) is 3.79. The summed E-state index contributed by atoms with van der Waals surface area (Å²) in [6, 6.07) is 10.9. The number of anilines is 2. The summed E-state index contributed by atoms with van der Waals surface area (Å²) >= 11 is 0. The molecular weight excluding hydrogens is 278 g/mol. The van der Waals surface area contributed by atoms with Gasteiger partial charge in [-0.25, -0.2) is 4.98 Å². The van der Waals surface area contributed by atoms with Crippen molar-refractivity contribution in [3.8, 4) is 5.75 Å². The fourth-order valence-corrected chi connectivity index (χ4v) is 2.54. The topological polar surface area (TPSA) is 54.5 Å².